The zero-order valence-corrected chi connectivity index (χ0v) is 9.41. The van der Waals surface area contributed by atoms with Crippen LogP contribution >= 0.6 is 0 Å². The predicted octanol–water partition coefficient (Wildman–Crippen LogP) is -1.27. The molecule has 0 aliphatic carbocycles. The molecule has 0 atom stereocenters. The van der Waals surface area contributed by atoms with Crippen molar-refractivity contribution in [1.29, 1.82) is 0 Å². The number of rotatable bonds is 5. The molecule has 1 aliphatic heterocycles. The van der Waals surface area contributed by atoms with E-state index in [9.17, 15) is 4.79 Å². The number of aliphatic hydroxyl groups excluding tert-OH is 1. The SMILES string of the molecule is CNCCC(=O)N1CCN(CCO)CC1. The molecule has 88 valence electrons. The van der Waals surface area contributed by atoms with Crippen LogP contribution in [0.15, 0.2) is 0 Å². The van der Waals surface area contributed by atoms with Gasteiger partial charge in [0.05, 0.1) is 6.61 Å². The Morgan fingerprint density at radius 1 is 1.33 bits per heavy atom. The van der Waals surface area contributed by atoms with Gasteiger partial charge in [-0.1, -0.05) is 0 Å². The molecule has 1 amide bonds. The average Bonchev–Trinajstić information content (AvgIpc) is 2.27. The molecule has 0 radical (unpaired) electrons. The fourth-order valence-electron chi connectivity index (χ4n) is 1.75. The first-order valence-corrected chi connectivity index (χ1v) is 5.53. The molecule has 1 fully saturated rings. The summed E-state index contributed by atoms with van der Waals surface area (Å²) < 4.78 is 0. The third-order valence-electron chi connectivity index (χ3n) is 2.73. The van der Waals surface area contributed by atoms with Crippen molar-refractivity contribution in [1.82, 2.24) is 15.1 Å². The quantitative estimate of drug-likeness (QED) is 0.600. The molecular weight excluding hydrogens is 194 g/mol. The summed E-state index contributed by atoms with van der Waals surface area (Å²) in [7, 11) is 1.85. The second-order valence-corrected chi connectivity index (χ2v) is 3.80. The molecule has 2 N–H and O–H groups in total. The van der Waals surface area contributed by atoms with E-state index in [1.54, 1.807) is 0 Å². The van der Waals surface area contributed by atoms with Crippen molar-refractivity contribution < 1.29 is 9.90 Å². The molecule has 0 unspecified atom stereocenters. The first-order valence-electron chi connectivity index (χ1n) is 5.53. The molecule has 1 rings (SSSR count). The molecule has 5 heteroatoms. The molecule has 0 spiro atoms. The number of amides is 1. The fraction of sp³-hybridized carbons (Fsp3) is 0.900. The van der Waals surface area contributed by atoms with Gasteiger partial charge in [0, 0.05) is 45.7 Å². The highest BCUT2D eigenvalue weighted by Gasteiger charge is 2.19. The molecule has 0 bridgehead atoms. The summed E-state index contributed by atoms with van der Waals surface area (Å²) in [6.45, 7) is 5.02. The van der Waals surface area contributed by atoms with Crippen LogP contribution in [0.2, 0.25) is 0 Å². The van der Waals surface area contributed by atoms with Gasteiger partial charge < -0.3 is 15.3 Å². The van der Waals surface area contributed by atoms with Crippen molar-refractivity contribution >= 4 is 5.91 Å². The lowest BCUT2D eigenvalue weighted by Crippen LogP contribution is -2.49. The Labute approximate surface area is 91.0 Å². The smallest absolute Gasteiger partial charge is 0.223 e. The molecule has 5 nitrogen and oxygen atoms in total. The molecule has 0 aromatic rings. The number of β-amino-alcohol motifs (C(OH)–C–C–N with tert-alkyl or cyclic N) is 1. The van der Waals surface area contributed by atoms with Gasteiger partial charge >= 0.3 is 0 Å². The van der Waals surface area contributed by atoms with Crippen molar-refractivity contribution in [2.45, 2.75) is 6.42 Å². The van der Waals surface area contributed by atoms with E-state index in [2.05, 4.69) is 10.2 Å². The van der Waals surface area contributed by atoms with Crippen LogP contribution in [0.25, 0.3) is 0 Å². The van der Waals surface area contributed by atoms with Gasteiger partial charge in [0.15, 0.2) is 0 Å². The Bertz CT molecular complexity index is 191. The molecule has 0 saturated carbocycles. The van der Waals surface area contributed by atoms with Crippen molar-refractivity contribution in [2.75, 3.05) is 52.9 Å². The summed E-state index contributed by atoms with van der Waals surface area (Å²) in [6, 6.07) is 0. The number of aliphatic hydroxyl groups is 1. The second kappa shape index (κ2) is 6.76. The third kappa shape index (κ3) is 4.15. The number of nitrogens with one attached hydrogen (secondary N) is 1. The minimum atomic E-state index is 0.202. The standard InChI is InChI=1S/C10H21N3O2/c1-11-3-2-10(15)13-6-4-12(5-7-13)8-9-14/h11,14H,2-9H2,1H3. The van der Waals surface area contributed by atoms with Crippen LogP contribution in [0, 0.1) is 0 Å². The minimum Gasteiger partial charge on any atom is -0.395 e. The molecule has 15 heavy (non-hydrogen) atoms. The minimum absolute atomic E-state index is 0.202. The summed E-state index contributed by atoms with van der Waals surface area (Å²) in [5, 5.41) is 11.8. The predicted molar refractivity (Wildman–Crippen MR) is 58.6 cm³/mol. The summed E-state index contributed by atoms with van der Waals surface area (Å²) >= 11 is 0. The molecule has 1 heterocycles. The Hall–Kier alpha value is -0.650. The number of carbonyl (C=O) groups is 1. The van der Waals surface area contributed by atoms with Crippen molar-refractivity contribution in [3.05, 3.63) is 0 Å². The topological polar surface area (TPSA) is 55.8 Å². The van der Waals surface area contributed by atoms with Gasteiger partial charge in [0.25, 0.3) is 0 Å². The second-order valence-electron chi connectivity index (χ2n) is 3.80. The number of hydrogen-bond acceptors (Lipinski definition) is 4. The van der Waals surface area contributed by atoms with Crippen molar-refractivity contribution in [2.24, 2.45) is 0 Å². The lowest BCUT2D eigenvalue weighted by Gasteiger charge is -2.34. The van der Waals surface area contributed by atoms with Gasteiger partial charge in [-0.15, -0.1) is 0 Å². The van der Waals surface area contributed by atoms with E-state index in [4.69, 9.17) is 5.11 Å². The molecule has 1 aliphatic rings. The highest BCUT2D eigenvalue weighted by molar-refractivity contribution is 5.76. The van der Waals surface area contributed by atoms with E-state index in [1.165, 1.54) is 0 Å². The van der Waals surface area contributed by atoms with Crippen molar-refractivity contribution in [3.63, 3.8) is 0 Å². The van der Waals surface area contributed by atoms with Gasteiger partial charge in [-0.05, 0) is 7.05 Å². The average molecular weight is 215 g/mol. The van der Waals surface area contributed by atoms with E-state index in [-0.39, 0.29) is 12.5 Å². The zero-order valence-electron chi connectivity index (χ0n) is 9.41. The summed E-state index contributed by atoms with van der Waals surface area (Å²) in [6.07, 6.45) is 0.580. The molecule has 0 aromatic heterocycles. The van der Waals surface area contributed by atoms with Gasteiger partial charge in [-0.2, -0.15) is 0 Å². The summed E-state index contributed by atoms with van der Waals surface area (Å²) in [4.78, 5) is 15.7. The van der Waals surface area contributed by atoms with Crippen LogP contribution in [0.5, 0.6) is 0 Å². The Morgan fingerprint density at radius 3 is 2.53 bits per heavy atom. The largest absolute Gasteiger partial charge is 0.395 e. The fourth-order valence-corrected chi connectivity index (χ4v) is 1.75. The Kier molecular flexibility index (Phi) is 5.60. The number of piperazine rings is 1. The van der Waals surface area contributed by atoms with E-state index < -0.39 is 0 Å². The summed E-state index contributed by atoms with van der Waals surface area (Å²) in [5.41, 5.74) is 0. The number of nitrogens with zero attached hydrogens (tertiary/aromatic N) is 2. The maximum absolute atomic E-state index is 11.6. The number of hydrogen-bond donors (Lipinski definition) is 2. The monoisotopic (exact) mass is 215 g/mol. The highest BCUT2D eigenvalue weighted by atomic mass is 16.3. The van der Waals surface area contributed by atoms with E-state index in [0.717, 1.165) is 39.3 Å². The first kappa shape index (κ1) is 12.4. The van der Waals surface area contributed by atoms with Crippen LogP contribution in [-0.4, -0.2) is 73.7 Å². The van der Waals surface area contributed by atoms with Gasteiger partial charge in [-0.25, -0.2) is 0 Å². The van der Waals surface area contributed by atoms with Crippen LogP contribution in [0.4, 0.5) is 0 Å². The van der Waals surface area contributed by atoms with Gasteiger partial charge in [0.2, 0.25) is 5.91 Å². The van der Waals surface area contributed by atoms with Crippen LogP contribution in [-0.2, 0) is 4.79 Å². The maximum atomic E-state index is 11.6. The highest BCUT2D eigenvalue weighted by Crippen LogP contribution is 2.02. The van der Waals surface area contributed by atoms with E-state index in [0.29, 0.717) is 6.42 Å². The Morgan fingerprint density at radius 2 is 2.00 bits per heavy atom. The van der Waals surface area contributed by atoms with Crippen LogP contribution in [0.1, 0.15) is 6.42 Å². The van der Waals surface area contributed by atoms with Gasteiger partial charge in [-0.3, -0.25) is 9.69 Å². The van der Waals surface area contributed by atoms with Crippen LogP contribution < -0.4 is 5.32 Å². The first-order chi connectivity index (χ1) is 7.27. The van der Waals surface area contributed by atoms with Gasteiger partial charge in [0.1, 0.15) is 0 Å². The van der Waals surface area contributed by atoms with E-state index >= 15 is 0 Å². The Balaban J connectivity index is 2.21. The van der Waals surface area contributed by atoms with E-state index in [1.807, 2.05) is 11.9 Å². The molecule has 1 saturated heterocycles. The van der Waals surface area contributed by atoms with Crippen molar-refractivity contribution in [3.8, 4) is 0 Å². The zero-order chi connectivity index (χ0) is 11.1. The lowest BCUT2D eigenvalue weighted by molar-refractivity contribution is -0.132. The maximum Gasteiger partial charge on any atom is 0.223 e. The lowest BCUT2D eigenvalue weighted by atomic mass is 10.2. The summed E-state index contributed by atoms with van der Waals surface area (Å²) in [5.74, 6) is 0.230. The van der Waals surface area contributed by atoms with Crippen LogP contribution in [0.3, 0.4) is 0 Å². The molecule has 0 aromatic carbocycles. The number of carbonyl (C=O) groups excluding carboxylic acids is 1. The molecular formula is C10H21N3O2. The normalized spacial score (nSPS) is 18.1. The third-order valence-corrected chi connectivity index (χ3v) is 2.73.